The Morgan fingerprint density at radius 1 is 1.04 bits per heavy atom. The van der Waals surface area contributed by atoms with Crippen LogP contribution in [0.15, 0.2) is 54.1 Å². The van der Waals surface area contributed by atoms with Crippen molar-refractivity contribution >= 4 is 12.0 Å². The summed E-state index contributed by atoms with van der Waals surface area (Å²) in [6, 6.07) is 16.9. The average molecular weight is 334 g/mol. The number of carbonyl (C=O) groups excluding carboxylic acids is 1. The van der Waals surface area contributed by atoms with E-state index in [2.05, 4.69) is 0 Å². The molecule has 6 heteroatoms. The van der Waals surface area contributed by atoms with Gasteiger partial charge in [0.1, 0.15) is 35.0 Å². The van der Waals surface area contributed by atoms with Gasteiger partial charge in [-0.15, -0.1) is 0 Å². The van der Waals surface area contributed by atoms with Gasteiger partial charge in [0.25, 0.3) is 0 Å². The van der Waals surface area contributed by atoms with Gasteiger partial charge >= 0.3 is 5.97 Å². The van der Waals surface area contributed by atoms with Crippen molar-refractivity contribution in [1.82, 2.24) is 0 Å². The van der Waals surface area contributed by atoms with Gasteiger partial charge in [-0.05, 0) is 35.9 Å². The summed E-state index contributed by atoms with van der Waals surface area (Å²) < 4.78 is 15.6. The summed E-state index contributed by atoms with van der Waals surface area (Å²) in [5, 5.41) is 17.4. The van der Waals surface area contributed by atoms with E-state index in [1.54, 1.807) is 67.8 Å². The van der Waals surface area contributed by atoms with Gasteiger partial charge in [-0.1, -0.05) is 18.2 Å². The fraction of sp³-hybridized carbons (Fsp3) is 0.105. The number of hydrogen-bond donors (Lipinski definition) is 0. The Morgan fingerprint density at radius 3 is 2.36 bits per heavy atom. The van der Waals surface area contributed by atoms with E-state index >= 15 is 0 Å². The largest absolute Gasteiger partial charge is 0.497 e. The Balaban J connectivity index is 1.91. The van der Waals surface area contributed by atoms with Gasteiger partial charge in [-0.3, -0.25) is 0 Å². The maximum absolute atomic E-state index is 11.8. The number of methoxy groups -OCH3 is 1. The Bertz CT molecular complexity index is 842. The molecule has 0 aliphatic rings. The molecule has 0 N–H and O–H groups in total. The second-order valence-corrected chi connectivity index (χ2v) is 4.79. The third-order valence-electron chi connectivity index (χ3n) is 3.06. The third kappa shape index (κ3) is 5.42. The second-order valence-electron chi connectivity index (χ2n) is 4.79. The summed E-state index contributed by atoms with van der Waals surface area (Å²) in [4.78, 5) is 11.8. The average Bonchev–Trinajstić information content (AvgIpc) is 2.66. The molecule has 0 fully saturated rings. The van der Waals surface area contributed by atoms with E-state index in [9.17, 15) is 4.79 Å². The Morgan fingerprint density at radius 2 is 1.72 bits per heavy atom. The molecule has 25 heavy (non-hydrogen) atoms. The summed E-state index contributed by atoms with van der Waals surface area (Å²) in [6.45, 7) is -0.248. The van der Waals surface area contributed by atoms with Gasteiger partial charge in [-0.2, -0.15) is 10.5 Å². The minimum atomic E-state index is -0.555. The summed E-state index contributed by atoms with van der Waals surface area (Å²) in [6.07, 6.45) is 1.44. The lowest BCUT2D eigenvalue weighted by molar-refractivity contribution is -0.136. The van der Waals surface area contributed by atoms with Crippen LogP contribution < -0.4 is 14.2 Å². The van der Waals surface area contributed by atoms with Crippen molar-refractivity contribution in [3.05, 3.63) is 59.7 Å². The number of ether oxygens (including phenoxy) is 3. The van der Waals surface area contributed by atoms with Gasteiger partial charge in [0.15, 0.2) is 6.61 Å². The van der Waals surface area contributed by atoms with E-state index < -0.39 is 5.97 Å². The van der Waals surface area contributed by atoms with Crippen LogP contribution in [-0.4, -0.2) is 19.7 Å². The third-order valence-corrected chi connectivity index (χ3v) is 3.06. The van der Waals surface area contributed by atoms with Crippen LogP contribution in [0.5, 0.6) is 17.2 Å². The number of esters is 1. The molecular weight excluding hydrogens is 320 g/mol. The predicted octanol–water partition coefficient (Wildman–Crippen LogP) is 3.11. The highest BCUT2D eigenvalue weighted by atomic mass is 16.6. The number of rotatable bonds is 6. The molecule has 2 aromatic carbocycles. The summed E-state index contributed by atoms with van der Waals surface area (Å²) in [5.74, 6) is 0.911. The fourth-order valence-corrected chi connectivity index (χ4v) is 1.88. The SMILES string of the molecule is COc1cccc(OCC(=O)Oc2ccc(C=C(C#N)C#N)cc2)c1. The van der Waals surface area contributed by atoms with Gasteiger partial charge in [0.05, 0.1) is 7.11 Å². The predicted molar refractivity (Wildman–Crippen MR) is 89.8 cm³/mol. The normalized spacial score (nSPS) is 9.24. The molecule has 0 spiro atoms. The lowest BCUT2D eigenvalue weighted by Crippen LogP contribution is -2.17. The van der Waals surface area contributed by atoms with Crippen LogP contribution in [0.4, 0.5) is 0 Å². The molecule has 0 saturated heterocycles. The number of benzene rings is 2. The molecule has 0 heterocycles. The van der Waals surface area contributed by atoms with E-state index in [4.69, 9.17) is 24.7 Å². The Labute approximate surface area is 145 Å². The van der Waals surface area contributed by atoms with Gasteiger partial charge in [0.2, 0.25) is 0 Å². The standard InChI is InChI=1S/C19H14N2O4/c1-23-17-3-2-4-18(10-17)24-13-19(22)25-16-7-5-14(6-8-16)9-15(11-20)12-21/h2-10H,13H2,1H3. The van der Waals surface area contributed by atoms with Crippen molar-refractivity contribution < 1.29 is 19.0 Å². The molecule has 0 atom stereocenters. The number of nitriles is 2. The smallest absolute Gasteiger partial charge is 0.349 e. The Kier molecular flexibility index (Phi) is 6.16. The minimum Gasteiger partial charge on any atom is -0.497 e. The highest BCUT2D eigenvalue weighted by Crippen LogP contribution is 2.19. The van der Waals surface area contributed by atoms with Crippen LogP contribution in [0.3, 0.4) is 0 Å². The monoisotopic (exact) mass is 334 g/mol. The van der Waals surface area contributed by atoms with Crippen molar-refractivity contribution in [2.24, 2.45) is 0 Å². The van der Waals surface area contributed by atoms with E-state index in [1.165, 1.54) is 6.08 Å². The van der Waals surface area contributed by atoms with Gasteiger partial charge < -0.3 is 14.2 Å². The van der Waals surface area contributed by atoms with Crippen molar-refractivity contribution in [1.29, 1.82) is 10.5 Å². The fourth-order valence-electron chi connectivity index (χ4n) is 1.88. The molecule has 0 radical (unpaired) electrons. The molecule has 0 saturated carbocycles. The van der Waals surface area contributed by atoms with Crippen LogP contribution in [0.25, 0.3) is 6.08 Å². The number of carbonyl (C=O) groups is 1. The lowest BCUT2D eigenvalue weighted by atomic mass is 10.1. The number of allylic oxidation sites excluding steroid dienone is 1. The molecule has 0 amide bonds. The summed E-state index contributed by atoms with van der Waals surface area (Å²) >= 11 is 0. The van der Waals surface area contributed by atoms with Crippen molar-refractivity contribution in [3.8, 4) is 29.4 Å². The zero-order valence-electron chi connectivity index (χ0n) is 13.4. The second kappa shape index (κ2) is 8.76. The zero-order chi connectivity index (χ0) is 18.1. The van der Waals surface area contributed by atoms with Crippen LogP contribution in [0.1, 0.15) is 5.56 Å². The first-order valence-electron chi connectivity index (χ1n) is 7.24. The van der Waals surface area contributed by atoms with Crippen LogP contribution in [0.2, 0.25) is 0 Å². The van der Waals surface area contributed by atoms with Crippen molar-refractivity contribution in [2.45, 2.75) is 0 Å². The van der Waals surface area contributed by atoms with Crippen molar-refractivity contribution in [2.75, 3.05) is 13.7 Å². The van der Waals surface area contributed by atoms with E-state index in [-0.39, 0.29) is 12.2 Å². The molecule has 0 aliphatic heterocycles. The number of nitrogens with zero attached hydrogens (tertiary/aromatic N) is 2. The number of hydrogen-bond acceptors (Lipinski definition) is 6. The highest BCUT2D eigenvalue weighted by molar-refractivity contribution is 5.74. The van der Waals surface area contributed by atoms with E-state index in [0.717, 1.165) is 0 Å². The quantitative estimate of drug-likeness (QED) is 0.458. The zero-order valence-corrected chi connectivity index (χ0v) is 13.4. The molecule has 0 bridgehead atoms. The minimum absolute atomic E-state index is 0.00330. The van der Waals surface area contributed by atoms with Gasteiger partial charge in [-0.25, -0.2) is 4.79 Å². The maximum atomic E-state index is 11.8. The molecule has 0 aliphatic carbocycles. The Hall–Kier alpha value is -3.77. The van der Waals surface area contributed by atoms with Crippen molar-refractivity contribution in [3.63, 3.8) is 0 Å². The van der Waals surface area contributed by atoms with Crippen LogP contribution in [-0.2, 0) is 4.79 Å². The first kappa shape index (κ1) is 17.6. The molecule has 6 nitrogen and oxygen atoms in total. The maximum Gasteiger partial charge on any atom is 0.349 e. The van der Waals surface area contributed by atoms with E-state index in [0.29, 0.717) is 22.8 Å². The first-order chi connectivity index (χ1) is 12.1. The first-order valence-corrected chi connectivity index (χ1v) is 7.24. The molecular formula is C19H14N2O4. The summed E-state index contributed by atoms with van der Waals surface area (Å²) in [5.41, 5.74) is 0.655. The molecule has 0 aromatic heterocycles. The lowest BCUT2D eigenvalue weighted by Gasteiger charge is -2.08. The molecule has 124 valence electrons. The molecule has 2 rings (SSSR count). The molecule has 0 unspecified atom stereocenters. The van der Waals surface area contributed by atoms with Crippen LogP contribution in [0, 0.1) is 22.7 Å². The highest BCUT2D eigenvalue weighted by Gasteiger charge is 2.07. The topological polar surface area (TPSA) is 92.3 Å². The van der Waals surface area contributed by atoms with Gasteiger partial charge in [0, 0.05) is 6.07 Å². The van der Waals surface area contributed by atoms with E-state index in [1.807, 2.05) is 0 Å². The van der Waals surface area contributed by atoms with Crippen LogP contribution >= 0.6 is 0 Å². The molecule has 2 aromatic rings. The summed E-state index contributed by atoms with van der Waals surface area (Å²) in [7, 11) is 1.54.